The molecule has 1 fully saturated rings. The van der Waals surface area contributed by atoms with E-state index in [1.54, 1.807) is 25.1 Å². The zero-order valence-electron chi connectivity index (χ0n) is 20.1. The van der Waals surface area contributed by atoms with E-state index in [0.29, 0.717) is 33.7 Å². The van der Waals surface area contributed by atoms with Gasteiger partial charge < -0.3 is 19.8 Å². The first-order valence-corrected chi connectivity index (χ1v) is 12.9. The van der Waals surface area contributed by atoms with Gasteiger partial charge in [-0.05, 0) is 79.6 Å². The lowest BCUT2D eigenvalue weighted by Crippen LogP contribution is -2.37. The molecule has 0 amide bonds. The van der Waals surface area contributed by atoms with Crippen LogP contribution in [0, 0.1) is 17.2 Å². The number of hydrogen-bond acceptors (Lipinski definition) is 5. The Bertz CT molecular complexity index is 1190. The zero-order chi connectivity index (χ0) is 25.7. The van der Waals surface area contributed by atoms with Gasteiger partial charge in [0.1, 0.15) is 12.4 Å². The van der Waals surface area contributed by atoms with Gasteiger partial charge in [-0.25, -0.2) is 0 Å². The highest BCUT2D eigenvalue weighted by atomic mass is 35.5. The van der Waals surface area contributed by atoms with Crippen LogP contribution in [-0.4, -0.2) is 29.5 Å². The molecule has 36 heavy (non-hydrogen) atoms. The molecule has 1 saturated heterocycles. The van der Waals surface area contributed by atoms with E-state index in [1.165, 1.54) is 0 Å². The van der Waals surface area contributed by atoms with Gasteiger partial charge in [0.25, 0.3) is 0 Å². The molecule has 5 nitrogen and oxygen atoms in total. The monoisotopic (exact) mass is 524 g/mol. The van der Waals surface area contributed by atoms with Gasteiger partial charge in [0.05, 0.1) is 40.6 Å². The fourth-order valence-electron chi connectivity index (χ4n) is 4.80. The van der Waals surface area contributed by atoms with Crippen molar-refractivity contribution in [1.82, 2.24) is 0 Å². The Morgan fingerprint density at radius 1 is 1.06 bits per heavy atom. The van der Waals surface area contributed by atoms with Crippen molar-refractivity contribution in [3.05, 3.63) is 93.5 Å². The summed E-state index contributed by atoms with van der Waals surface area (Å²) in [5.74, 6) is 0.924. The van der Waals surface area contributed by atoms with Crippen molar-refractivity contribution in [3.63, 3.8) is 0 Å². The van der Waals surface area contributed by atoms with Crippen LogP contribution >= 0.6 is 23.2 Å². The van der Waals surface area contributed by atoms with Crippen molar-refractivity contribution in [2.24, 2.45) is 5.92 Å². The number of nitriles is 1. The van der Waals surface area contributed by atoms with Crippen LogP contribution in [0.15, 0.2) is 66.7 Å². The summed E-state index contributed by atoms with van der Waals surface area (Å²) in [7, 11) is 0. The number of rotatable bonds is 8. The molecule has 7 heteroatoms. The number of aliphatic hydroxyl groups excluding tert-OH is 2. The third-order valence-corrected chi connectivity index (χ3v) is 7.22. The fraction of sp³-hybridized carbons (Fsp3) is 0.345. The molecule has 3 aromatic carbocycles. The quantitative estimate of drug-likeness (QED) is 0.342. The maximum Gasteiger partial charge on any atom is 0.121 e. The Kier molecular flexibility index (Phi) is 8.77. The summed E-state index contributed by atoms with van der Waals surface area (Å²) < 4.78 is 5.62. The van der Waals surface area contributed by atoms with Crippen molar-refractivity contribution in [2.75, 3.05) is 18.1 Å². The summed E-state index contributed by atoms with van der Waals surface area (Å²) in [6.07, 6.45) is 1.26. The van der Waals surface area contributed by atoms with Gasteiger partial charge in [0.15, 0.2) is 0 Å². The first kappa shape index (κ1) is 26.3. The first-order valence-electron chi connectivity index (χ1n) is 12.1. The molecule has 0 aromatic heterocycles. The molecule has 1 aliphatic heterocycles. The van der Waals surface area contributed by atoms with Crippen molar-refractivity contribution in [1.29, 1.82) is 5.26 Å². The molecular formula is C29H30Cl2N2O3. The highest BCUT2D eigenvalue weighted by molar-refractivity contribution is 6.33. The van der Waals surface area contributed by atoms with E-state index in [-0.39, 0.29) is 12.6 Å². The Labute approximate surface area is 222 Å². The summed E-state index contributed by atoms with van der Waals surface area (Å²) in [4.78, 5) is 2.31. The van der Waals surface area contributed by atoms with Gasteiger partial charge in [-0.1, -0.05) is 47.5 Å². The molecule has 0 radical (unpaired) electrons. The Morgan fingerprint density at radius 2 is 1.78 bits per heavy atom. The highest BCUT2D eigenvalue weighted by Crippen LogP contribution is 2.43. The number of nitrogens with zero attached hydrogens (tertiary/aromatic N) is 2. The molecule has 188 valence electrons. The minimum Gasteiger partial charge on any atom is -0.491 e. The molecule has 2 N–H and O–H groups in total. The van der Waals surface area contributed by atoms with E-state index in [9.17, 15) is 10.2 Å². The Hall–Kier alpha value is -2.75. The standard InChI is InChI=1S/C29H30Cl2N2O3/c1-19(34)18-36-25-10-11-27(26(31)16-25)33-13-12-21(14-28(33)22-6-8-24(30)9-7-22)15-29(35)23-4-2-20(17-32)3-5-23/h2-11,16,19,21,28-29,34-35H,12-15,18H2,1H3/t19-,21?,28-,29+/m0/s1. The molecule has 1 unspecified atom stereocenters. The summed E-state index contributed by atoms with van der Waals surface area (Å²) >= 11 is 12.9. The average molecular weight is 525 g/mol. The van der Waals surface area contributed by atoms with Gasteiger partial charge in [0, 0.05) is 17.6 Å². The lowest BCUT2D eigenvalue weighted by atomic mass is 9.82. The minimum absolute atomic E-state index is 0.0657. The van der Waals surface area contributed by atoms with Crippen LogP contribution in [0.2, 0.25) is 10.0 Å². The number of anilines is 1. The summed E-state index contributed by atoms with van der Waals surface area (Å²) in [6.45, 7) is 2.66. The van der Waals surface area contributed by atoms with E-state index in [1.807, 2.05) is 48.5 Å². The minimum atomic E-state index is -0.589. The predicted molar refractivity (Wildman–Crippen MR) is 144 cm³/mol. The van der Waals surface area contributed by atoms with Crippen LogP contribution < -0.4 is 9.64 Å². The van der Waals surface area contributed by atoms with Crippen LogP contribution in [0.4, 0.5) is 5.69 Å². The third-order valence-electron chi connectivity index (χ3n) is 6.67. The number of piperidine rings is 1. The van der Waals surface area contributed by atoms with E-state index < -0.39 is 12.2 Å². The molecule has 1 heterocycles. The number of benzene rings is 3. The average Bonchev–Trinajstić information content (AvgIpc) is 2.88. The lowest BCUT2D eigenvalue weighted by molar-refractivity contribution is 0.123. The van der Waals surface area contributed by atoms with Crippen molar-refractivity contribution >= 4 is 28.9 Å². The van der Waals surface area contributed by atoms with Gasteiger partial charge in [-0.2, -0.15) is 5.26 Å². The fourth-order valence-corrected chi connectivity index (χ4v) is 5.21. The molecule has 4 rings (SSSR count). The summed E-state index contributed by atoms with van der Waals surface area (Å²) in [5, 5.41) is 30.7. The number of aliphatic hydroxyl groups is 2. The smallest absolute Gasteiger partial charge is 0.121 e. The van der Waals surface area contributed by atoms with Crippen molar-refractivity contribution < 1.29 is 14.9 Å². The lowest BCUT2D eigenvalue weighted by Gasteiger charge is -2.42. The SMILES string of the molecule is C[C@H](O)COc1ccc(N2CCC(C[C@@H](O)c3ccc(C#N)cc3)C[C@H]2c2ccc(Cl)cc2)c(Cl)c1. The molecular weight excluding hydrogens is 495 g/mol. The van der Waals surface area contributed by atoms with Gasteiger partial charge in [0.2, 0.25) is 0 Å². The second-order valence-corrected chi connectivity index (χ2v) is 10.3. The van der Waals surface area contributed by atoms with Crippen LogP contribution in [0.1, 0.15) is 55.0 Å². The van der Waals surface area contributed by atoms with Gasteiger partial charge in [-0.15, -0.1) is 0 Å². The van der Waals surface area contributed by atoms with E-state index in [0.717, 1.165) is 36.2 Å². The molecule has 0 bridgehead atoms. The number of hydrogen-bond donors (Lipinski definition) is 2. The highest BCUT2D eigenvalue weighted by Gasteiger charge is 2.32. The molecule has 4 atom stereocenters. The second-order valence-electron chi connectivity index (χ2n) is 9.41. The van der Waals surface area contributed by atoms with E-state index >= 15 is 0 Å². The molecule has 0 saturated carbocycles. The van der Waals surface area contributed by atoms with Crippen LogP contribution in [-0.2, 0) is 0 Å². The van der Waals surface area contributed by atoms with Crippen LogP contribution in [0.25, 0.3) is 0 Å². The molecule has 0 aliphatic carbocycles. The van der Waals surface area contributed by atoms with E-state index in [4.69, 9.17) is 33.2 Å². The molecule has 3 aromatic rings. The molecule has 0 spiro atoms. The second kappa shape index (κ2) is 12.0. The topological polar surface area (TPSA) is 76.7 Å². The third kappa shape index (κ3) is 6.52. The normalized spacial score (nSPS) is 19.4. The Morgan fingerprint density at radius 3 is 2.42 bits per heavy atom. The van der Waals surface area contributed by atoms with Gasteiger partial charge in [-0.3, -0.25) is 0 Å². The maximum absolute atomic E-state index is 10.9. The van der Waals surface area contributed by atoms with Crippen LogP contribution in [0.3, 0.4) is 0 Å². The predicted octanol–water partition coefficient (Wildman–Crippen LogP) is 6.71. The Balaban J connectivity index is 1.54. The summed E-state index contributed by atoms with van der Waals surface area (Å²) in [6, 6.07) is 22.9. The van der Waals surface area contributed by atoms with Crippen molar-refractivity contribution in [2.45, 2.75) is 44.4 Å². The zero-order valence-corrected chi connectivity index (χ0v) is 21.7. The number of halogens is 2. The van der Waals surface area contributed by atoms with E-state index in [2.05, 4.69) is 11.0 Å². The maximum atomic E-state index is 10.9. The largest absolute Gasteiger partial charge is 0.491 e. The van der Waals surface area contributed by atoms with Crippen molar-refractivity contribution in [3.8, 4) is 11.8 Å². The first-order chi connectivity index (χ1) is 17.3. The number of ether oxygens (including phenoxy) is 1. The van der Waals surface area contributed by atoms with Crippen LogP contribution in [0.5, 0.6) is 5.75 Å². The van der Waals surface area contributed by atoms with Gasteiger partial charge >= 0.3 is 0 Å². The molecule has 1 aliphatic rings. The summed E-state index contributed by atoms with van der Waals surface area (Å²) in [5.41, 5.74) is 3.48.